The predicted octanol–water partition coefficient (Wildman–Crippen LogP) is 1.86. The van der Waals surface area contributed by atoms with Crippen molar-refractivity contribution in [3.05, 3.63) is 58.7 Å². The first-order valence-corrected chi connectivity index (χ1v) is 11.4. The molecule has 0 aliphatic carbocycles. The number of carbonyl (C=O) groups is 2. The number of amides is 2. The molecule has 0 spiro atoms. The lowest BCUT2D eigenvalue weighted by Gasteiger charge is -2.35. The van der Waals surface area contributed by atoms with Gasteiger partial charge >= 0.3 is 0 Å². The zero-order chi connectivity index (χ0) is 22.9. The minimum Gasteiger partial charge on any atom is -0.507 e. The largest absolute Gasteiger partial charge is 0.507 e. The van der Waals surface area contributed by atoms with E-state index in [9.17, 15) is 23.1 Å². The fourth-order valence-electron chi connectivity index (χ4n) is 3.54. The summed E-state index contributed by atoms with van der Waals surface area (Å²) in [7, 11) is -0.770. The van der Waals surface area contributed by atoms with Crippen molar-refractivity contribution in [2.24, 2.45) is 0 Å². The SMILES string of the molecule is Cc1cc(C(=O)N2CCN(C(=O)c3ccccc3O)CC2)cc(S(=O)(=O)N(C)C)c1C. The normalized spacial score (nSPS) is 14.7. The number of aromatic hydroxyl groups is 1. The van der Waals surface area contributed by atoms with Crippen LogP contribution in [0, 0.1) is 13.8 Å². The average Bonchev–Trinajstić information content (AvgIpc) is 2.74. The average molecular weight is 446 g/mol. The second-order valence-electron chi connectivity index (χ2n) is 7.81. The Morgan fingerprint density at radius 3 is 2.03 bits per heavy atom. The molecule has 1 N–H and O–H groups in total. The van der Waals surface area contributed by atoms with Crippen molar-refractivity contribution < 1.29 is 23.1 Å². The lowest BCUT2D eigenvalue weighted by atomic mass is 10.0. The maximum absolute atomic E-state index is 13.1. The van der Waals surface area contributed by atoms with E-state index in [-0.39, 0.29) is 28.0 Å². The Labute approximate surface area is 182 Å². The first-order valence-electron chi connectivity index (χ1n) is 9.94. The highest BCUT2D eigenvalue weighted by molar-refractivity contribution is 7.89. The van der Waals surface area contributed by atoms with Crippen LogP contribution < -0.4 is 0 Å². The number of para-hydroxylation sites is 1. The van der Waals surface area contributed by atoms with Crippen molar-refractivity contribution in [3.63, 3.8) is 0 Å². The number of hydrogen-bond acceptors (Lipinski definition) is 5. The zero-order valence-corrected chi connectivity index (χ0v) is 18.9. The summed E-state index contributed by atoms with van der Waals surface area (Å²) in [6, 6.07) is 9.50. The summed E-state index contributed by atoms with van der Waals surface area (Å²) in [6.45, 7) is 4.80. The molecule has 9 heteroatoms. The van der Waals surface area contributed by atoms with E-state index in [1.54, 1.807) is 47.9 Å². The van der Waals surface area contributed by atoms with Crippen molar-refractivity contribution >= 4 is 21.8 Å². The molecule has 2 aromatic carbocycles. The fraction of sp³-hybridized carbons (Fsp3) is 0.364. The van der Waals surface area contributed by atoms with Crippen molar-refractivity contribution in [1.82, 2.24) is 14.1 Å². The summed E-state index contributed by atoms with van der Waals surface area (Å²) >= 11 is 0. The Morgan fingerprint density at radius 2 is 1.48 bits per heavy atom. The van der Waals surface area contributed by atoms with Crippen LogP contribution in [0.4, 0.5) is 0 Å². The topological polar surface area (TPSA) is 98.2 Å². The maximum atomic E-state index is 13.1. The van der Waals surface area contributed by atoms with Crippen LogP contribution in [0.25, 0.3) is 0 Å². The number of aryl methyl sites for hydroxylation is 1. The van der Waals surface area contributed by atoms with E-state index in [1.165, 1.54) is 26.2 Å². The molecule has 31 heavy (non-hydrogen) atoms. The van der Waals surface area contributed by atoms with E-state index >= 15 is 0 Å². The lowest BCUT2D eigenvalue weighted by molar-refractivity contribution is 0.0533. The highest BCUT2D eigenvalue weighted by atomic mass is 32.2. The number of piperazine rings is 1. The van der Waals surface area contributed by atoms with E-state index in [2.05, 4.69) is 0 Å². The number of nitrogens with zero attached hydrogens (tertiary/aromatic N) is 3. The van der Waals surface area contributed by atoms with Crippen molar-refractivity contribution in [1.29, 1.82) is 0 Å². The summed E-state index contributed by atoms with van der Waals surface area (Å²) < 4.78 is 26.5. The third-order valence-corrected chi connectivity index (χ3v) is 7.56. The first-order chi connectivity index (χ1) is 14.5. The van der Waals surface area contributed by atoms with Gasteiger partial charge in [0, 0.05) is 45.8 Å². The Kier molecular flexibility index (Phi) is 6.38. The summed E-state index contributed by atoms with van der Waals surface area (Å²) in [5, 5.41) is 9.91. The third-order valence-electron chi connectivity index (χ3n) is 5.61. The van der Waals surface area contributed by atoms with Gasteiger partial charge in [0.05, 0.1) is 10.5 Å². The van der Waals surface area contributed by atoms with E-state index in [0.717, 1.165) is 9.87 Å². The molecule has 166 valence electrons. The van der Waals surface area contributed by atoms with Gasteiger partial charge in [-0.25, -0.2) is 12.7 Å². The molecule has 1 aliphatic heterocycles. The van der Waals surface area contributed by atoms with Gasteiger partial charge in [-0.1, -0.05) is 12.1 Å². The van der Waals surface area contributed by atoms with Crippen LogP contribution in [-0.2, 0) is 10.0 Å². The van der Waals surface area contributed by atoms with Crippen molar-refractivity contribution in [2.75, 3.05) is 40.3 Å². The number of phenols is 1. The number of hydrogen-bond donors (Lipinski definition) is 1. The van der Waals surface area contributed by atoms with E-state index in [1.807, 2.05) is 0 Å². The van der Waals surface area contributed by atoms with E-state index in [4.69, 9.17) is 0 Å². The lowest BCUT2D eigenvalue weighted by Crippen LogP contribution is -2.50. The van der Waals surface area contributed by atoms with Gasteiger partial charge in [-0.3, -0.25) is 9.59 Å². The highest BCUT2D eigenvalue weighted by Crippen LogP contribution is 2.25. The van der Waals surface area contributed by atoms with Crippen LogP contribution in [-0.4, -0.2) is 79.7 Å². The summed E-state index contributed by atoms with van der Waals surface area (Å²) in [5.41, 5.74) is 1.88. The van der Waals surface area contributed by atoms with E-state index < -0.39 is 10.0 Å². The minimum atomic E-state index is -3.69. The number of sulfonamides is 1. The Morgan fingerprint density at radius 1 is 0.935 bits per heavy atom. The fourth-order valence-corrected chi connectivity index (χ4v) is 4.75. The Balaban J connectivity index is 1.78. The van der Waals surface area contributed by atoms with Crippen LogP contribution in [0.2, 0.25) is 0 Å². The molecule has 2 aromatic rings. The first kappa shape index (κ1) is 22.8. The molecular weight excluding hydrogens is 418 g/mol. The molecule has 1 fully saturated rings. The molecule has 1 heterocycles. The van der Waals surface area contributed by atoms with Gasteiger partial charge in [0.2, 0.25) is 10.0 Å². The van der Waals surface area contributed by atoms with Gasteiger partial charge in [0.15, 0.2) is 0 Å². The molecule has 1 aliphatic rings. The van der Waals surface area contributed by atoms with Gasteiger partial charge in [-0.15, -0.1) is 0 Å². The molecule has 0 unspecified atom stereocenters. The molecule has 2 amide bonds. The molecular formula is C22H27N3O5S. The number of phenolic OH excluding ortho intramolecular Hbond substituents is 1. The quantitative estimate of drug-likeness (QED) is 0.775. The summed E-state index contributed by atoms with van der Waals surface area (Å²) in [6.07, 6.45) is 0. The molecule has 8 nitrogen and oxygen atoms in total. The summed E-state index contributed by atoms with van der Waals surface area (Å²) in [4.78, 5) is 29.1. The van der Waals surface area contributed by atoms with Gasteiger partial charge in [0.25, 0.3) is 11.8 Å². The molecule has 0 saturated carbocycles. The Hall–Kier alpha value is -2.91. The molecule has 0 atom stereocenters. The van der Waals surface area contributed by atoms with Gasteiger partial charge in [-0.2, -0.15) is 0 Å². The number of rotatable bonds is 4. The van der Waals surface area contributed by atoms with E-state index in [0.29, 0.717) is 37.3 Å². The maximum Gasteiger partial charge on any atom is 0.257 e. The van der Waals surface area contributed by atoms with Crippen LogP contribution >= 0.6 is 0 Å². The molecule has 0 bridgehead atoms. The smallest absolute Gasteiger partial charge is 0.257 e. The standard InChI is InChI=1S/C22H27N3O5S/c1-15-13-17(14-20(16(15)2)31(29,30)23(3)4)21(27)24-9-11-25(12-10-24)22(28)18-7-5-6-8-19(18)26/h5-8,13-14,26H,9-12H2,1-4H3. The molecule has 1 saturated heterocycles. The number of benzene rings is 2. The molecule has 0 aromatic heterocycles. The van der Waals surface area contributed by atoms with Crippen LogP contribution in [0.15, 0.2) is 41.3 Å². The number of carbonyl (C=O) groups excluding carboxylic acids is 2. The Bertz CT molecular complexity index is 1120. The van der Waals surface area contributed by atoms with Gasteiger partial charge in [0.1, 0.15) is 5.75 Å². The second-order valence-corrected chi connectivity index (χ2v) is 9.93. The zero-order valence-electron chi connectivity index (χ0n) is 18.1. The van der Waals surface area contributed by atoms with Crippen LogP contribution in [0.1, 0.15) is 31.8 Å². The minimum absolute atomic E-state index is 0.0734. The van der Waals surface area contributed by atoms with Crippen LogP contribution in [0.3, 0.4) is 0 Å². The second kappa shape index (κ2) is 8.68. The third kappa shape index (κ3) is 4.42. The molecule has 0 radical (unpaired) electrons. The predicted molar refractivity (Wildman–Crippen MR) is 117 cm³/mol. The molecule has 3 rings (SSSR count). The van der Waals surface area contributed by atoms with Gasteiger partial charge in [-0.05, 0) is 49.2 Å². The van der Waals surface area contributed by atoms with Crippen LogP contribution in [0.5, 0.6) is 5.75 Å². The van der Waals surface area contributed by atoms with Crippen molar-refractivity contribution in [3.8, 4) is 5.75 Å². The monoisotopic (exact) mass is 445 g/mol. The van der Waals surface area contributed by atoms with Gasteiger partial charge < -0.3 is 14.9 Å². The van der Waals surface area contributed by atoms with Crippen molar-refractivity contribution in [2.45, 2.75) is 18.7 Å². The highest BCUT2D eigenvalue weighted by Gasteiger charge is 2.28. The summed E-state index contributed by atoms with van der Waals surface area (Å²) in [5.74, 6) is -0.625.